The van der Waals surface area contributed by atoms with Crippen LogP contribution in [0.25, 0.3) is 0 Å². The second kappa shape index (κ2) is 5.18. The number of aromatic nitrogens is 1. The van der Waals surface area contributed by atoms with Gasteiger partial charge >= 0.3 is 0 Å². The van der Waals surface area contributed by atoms with Crippen molar-refractivity contribution in [3.05, 3.63) is 53.3 Å². The summed E-state index contributed by atoms with van der Waals surface area (Å²) >= 11 is 0. The number of carbonyl (C=O) groups excluding carboxylic acids is 1. The van der Waals surface area contributed by atoms with Gasteiger partial charge in [0.2, 0.25) is 0 Å². The summed E-state index contributed by atoms with van der Waals surface area (Å²) in [6, 6.07) is 10.7. The summed E-state index contributed by atoms with van der Waals surface area (Å²) in [5, 5.41) is 9.23. The SMILES string of the molecule is Cc1ccc(C(=O)N(C)Cc2ccc(O)cc2)n1C. The van der Waals surface area contributed by atoms with E-state index in [1.807, 2.05) is 42.8 Å². The Bertz CT molecular complexity index is 585. The molecule has 0 spiro atoms. The molecule has 0 aliphatic heterocycles. The molecule has 100 valence electrons. The van der Waals surface area contributed by atoms with Crippen molar-refractivity contribution in [2.24, 2.45) is 7.05 Å². The third kappa shape index (κ3) is 2.78. The standard InChI is InChI=1S/C15H18N2O2/c1-11-4-9-14(17(11)3)15(19)16(2)10-12-5-7-13(18)8-6-12/h4-9,18H,10H2,1-3H3. The number of nitrogens with zero attached hydrogens (tertiary/aromatic N) is 2. The van der Waals surface area contributed by atoms with E-state index in [1.165, 1.54) is 0 Å². The van der Waals surface area contributed by atoms with Gasteiger partial charge in [-0.05, 0) is 36.8 Å². The molecule has 1 heterocycles. The average molecular weight is 258 g/mol. The van der Waals surface area contributed by atoms with Crippen molar-refractivity contribution in [3.8, 4) is 5.75 Å². The topological polar surface area (TPSA) is 45.5 Å². The second-order valence-electron chi connectivity index (χ2n) is 4.75. The molecule has 0 saturated heterocycles. The minimum atomic E-state index is -0.0105. The van der Waals surface area contributed by atoms with Gasteiger partial charge in [0.15, 0.2) is 0 Å². The van der Waals surface area contributed by atoms with Crippen LogP contribution in [0.4, 0.5) is 0 Å². The molecule has 2 rings (SSSR count). The third-order valence-corrected chi connectivity index (χ3v) is 3.29. The van der Waals surface area contributed by atoms with Crippen LogP contribution in [-0.2, 0) is 13.6 Å². The quantitative estimate of drug-likeness (QED) is 0.918. The van der Waals surface area contributed by atoms with Crippen LogP contribution in [0.15, 0.2) is 36.4 Å². The first kappa shape index (κ1) is 13.2. The van der Waals surface area contributed by atoms with Crippen LogP contribution < -0.4 is 0 Å². The summed E-state index contributed by atoms with van der Waals surface area (Å²) in [6.07, 6.45) is 0. The third-order valence-electron chi connectivity index (χ3n) is 3.29. The zero-order chi connectivity index (χ0) is 14.0. The lowest BCUT2D eigenvalue weighted by Gasteiger charge is -2.18. The summed E-state index contributed by atoms with van der Waals surface area (Å²) in [5.74, 6) is 0.222. The van der Waals surface area contributed by atoms with Crippen LogP contribution in [0.3, 0.4) is 0 Å². The first-order valence-electron chi connectivity index (χ1n) is 6.14. The summed E-state index contributed by atoms with van der Waals surface area (Å²) < 4.78 is 1.88. The molecule has 0 aliphatic rings. The lowest BCUT2D eigenvalue weighted by Crippen LogP contribution is -2.27. The van der Waals surface area contributed by atoms with E-state index in [0.29, 0.717) is 12.2 Å². The highest BCUT2D eigenvalue weighted by molar-refractivity contribution is 5.92. The zero-order valence-electron chi connectivity index (χ0n) is 11.4. The van der Waals surface area contributed by atoms with Gasteiger partial charge in [0.05, 0.1) is 0 Å². The molecule has 0 fully saturated rings. The highest BCUT2D eigenvalue weighted by Gasteiger charge is 2.15. The van der Waals surface area contributed by atoms with Crippen LogP contribution in [0.1, 0.15) is 21.7 Å². The average Bonchev–Trinajstić information content (AvgIpc) is 2.72. The van der Waals surface area contributed by atoms with Crippen molar-refractivity contribution in [2.45, 2.75) is 13.5 Å². The normalized spacial score (nSPS) is 10.5. The van der Waals surface area contributed by atoms with Crippen molar-refractivity contribution < 1.29 is 9.90 Å². The van der Waals surface area contributed by atoms with Crippen LogP contribution >= 0.6 is 0 Å². The van der Waals surface area contributed by atoms with Crippen molar-refractivity contribution in [3.63, 3.8) is 0 Å². The molecule has 0 bridgehead atoms. The van der Waals surface area contributed by atoms with E-state index in [9.17, 15) is 9.90 Å². The van der Waals surface area contributed by atoms with E-state index in [0.717, 1.165) is 11.3 Å². The van der Waals surface area contributed by atoms with Crippen LogP contribution in [0.2, 0.25) is 0 Å². The Morgan fingerprint density at radius 3 is 2.37 bits per heavy atom. The number of rotatable bonds is 3. The lowest BCUT2D eigenvalue weighted by molar-refractivity contribution is 0.0775. The molecule has 19 heavy (non-hydrogen) atoms. The summed E-state index contributed by atoms with van der Waals surface area (Å²) in [6.45, 7) is 2.49. The number of benzene rings is 1. The molecular weight excluding hydrogens is 240 g/mol. The van der Waals surface area contributed by atoms with Gasteiger partial charge in [0.25, 0.3) is 5.91 Å². The maximum atomic E-state index is 12.3. The number of phenolic OH excluding ortho intramolecular Hbond substituents is 1. The molecular formula is C15H18N2O2. The van der Waals surface area contributed by atoms with E-state index in [2.05, 4.69) is 0 Å². The van der Waals surface area contributed by atoms with Crippen LogP contribution in [-0.4, -0.2) is 27.5 Å². The smallest absolute Gasteiger partial charge is 0.270 e. The minimum Gasteiger partial charge on any atom is -0.508 e. The Balaban J connectivity index is 2.11. The van der Waals surface area contributed by atoms with Crippen molar-refractivity contribution >= 4 is 5.91 Å². The largest absolute Gasteiger partial charge is 0.508 e. The maximum Gasteiger partial charge on any atom is 0.270 e. The molecule has 0 radical (unpaired) electrons. The Morgan fingerprint density at radius 1 is 1.21 bits per heavy atom. The summed E-state index contributed by atoms with van der Waals surface area (Å²) in [4.78, 5) is 14.0. The number of amides is 1. The number of phenols is 1. The number of aryl methyl sites for hydroxylation is 1. The zero-order valence-corrected chi connectivity index (χ0v) is 11.4. The van der Waals surface area contributed by atoms with Crippen LogP contribution in [0.5, 0.6) is 5.75 Å². The van der Waals surface area contributed by atoms with Crippen molar-refractivity contribution in [2.75, 3.05) is 7.05 Å². The van der Waals surface area contributed by atoms with Gasteiger partial charge in [-0.15, -0.1) is 0 Å². The number of aromatic hydroxyl groups is 1. The molecule has 1 aromatic carbocycles. The Labute approximate surface area is 112 Å². The summed E-state index contributed by atoms with van der Waals surface area (Å²) in [7, 11) is 3.66. The van der Waals surface area contributed by atoms with Gasteiger partial charge in [-0.1, -0.05) is 12.1 Å². The molecule has 0 aliphatic carbocycles. The van der Waals surface area contributed by atoms with Gasteiger partial charge in [0, 0.05) is 26.3 Å². The minimum absolute atomic E-state index is 0.0105. The number of hydrogen-bond donors (Lipinski definition) is 1. The molecule has 1 amide bonds. The Kier molecular flexibility index (Phi) is 3.60. The van der Waals surface area contributed by atoms with Crippen molar-refractivity contribution in [1.82, 2.24) is 9.47 Å². The summed E-state index contributed by atoms with van der Waals surface area (Å²) in [5.41, 5.74) is 2.72. The highest BCUT2D eigenvalue weighted by Crippen LogP contribution is 2.13. The highest BCUT2D eigenvalue weighted by atomic mass is 16.3. The van der Waals surface area contributed by atoms with E-state index < -0.39 is 0 Å². The Morgan fingerprint density at radius 2 is 1.84 bits per heavy atom. The molecule has 0 saturated carbocycles. The molecule has 0 atom stereocenters. The van der Waals surface area contributed by atoms with Crippen LogP contribution in [0, 0.1) is 6.92 Å². The fourth-order valence-electron chi connectivity index (χ4n) is 1.97. The fraction of sp³-hybridized carbons (Fsp3) is 0.267. The molecule has 1 aromatic heterocycles. The Hall–Kier alpha value is -2.23. The molecule has 4 nitrogen and oxygen atoms in total. The van der Waals surface area contributed by atoms with E-state index >= 15 is 0 Å². The first-order chi connectivity index (χ1) is 8.99. The van der Waals surface area contributed by atoms with Crippen molar-refractivity contribution in [1.29, 1.82) is 0 Å². The second-order valence-corrected chi connectivity index (χ2v) is 4.75. The lowest BCUT2D eigenvalue weighted by atomic mass is 10.2. The van der Waals surface area contributed by atoms with Gasteiger partial charge in [-0.3, -0.25) is 4.79 Å². The predicted molar refractivity (Wildman–Crippen MR) is 74.1 cm³/mol. The van der Waals surface area contributed by atoms with E-state index in [4.69, 9.17) is 0 Å². The number of hydrogen-bond acceptors (Lipinski definition) is 2. The van der Waals surface area contributed by atoms with Gasteiger partial charge < -0.3 is 14.6 Å². The van der Waals surface area contributed by atoms with E-state index in [-0.39, 0.29) is 11.7 Å². The fourth-order valence-corrected chi connectivity index (χ4v) is 1.97. The predicted octanol–water partition coefficient (Wildman–Crippen LogP) is 2.31. The molecule has 1 N–H and O–H groups in total. The number of carbonyl (C=O) groups is 1. The molecule has 2 aromatic rings. The van der Waals surface area contributed by atoms with E-state index in [1.54, 1.807) is 24.1 Å². The first-order valence-corrected chi connectivity index (χ1v) is 6.14. The van der Waals surface area contributed by atoms with Gasteiger partial charge in [0.1, 0.15) is 11.4 Å². The maximum absolute atomic E-state index is 12.3. The van der Waals surface area contributed by atoms with Gasteiger partial charge in [-0.2, -0.15) is 0 Å². The molecule has 0 unspecified atom stereocenters. The van der Waals surface area contributed by atoms with Gasteiger partial charge in [-0.25, -0.2) is 0 Å². The molecule has 4 heteroatoms. The monoisotopic (exact) mass is 258 g/mol.